The molecule has 0 radical (unpaired) electrons. The second-order valence-corrected chi connectivity index (χ2v) is 4.98. The normalized spacial score (nSPS) is 21.2. The number of likely N-dealkylation sites (tertiary alicyclic amines) is 1. The van der Waals surface area contributed by atoms with Crippen molar-refractivity contribution in [3.05, 3.63) is 0 Å². The van der Waals surface area contributed by atoms with Gasteiger partial charge in [-0.25, -0.2) is 0 Å². The van der Waals surface area contributed by atoms with Gasteiger partial charge in [-0.05, 0) is 51.6 Å². The minimum atomic E-state index is 0.518. The van der Waals surface area contributed by atoms with E-state index in [0.29, 0.717) is 12.0 Å². The molecule has 0 bridgehead atoms. The molecule has 0 amide bonds. The summed E-state index contributed by atoms with van der Waals surface area (Å²) in [5, 5.41) is 0. The van der Waals surface area contributed by atoms with Gasteiger partial charge in [0.05, 0.1) is 6.10 Å². The van der Waals surface area contributed by atoms with Crippen molar-refractivity contribution in [1.29, 1.82) is 0 Å². The molecule has 0 aromatic rings. The van der Waals surface area contributed by atoms with E-state index in [1.54, 1.807) is 0 Å². The summed E-state index contributed by atoms with van der Waals surface area (Å²) in [7, 11) is 0. The zero-order chi connectivity index (χ0) is 11.8. The molecule has 0 saturated carbocycles. The number of nitrogens with two attached hydrogens (primary N) is 1. The van der Waals surface area contributed by atoms with Crippen LogP contribution in [0.3, 0.4) is 0 Å². The molecule has 1 aliphatic heterocycles. The van der Waals surface area contributed by atoms with Crippen molar-refractivity contribution in [3.63, 3.8) is 0 Å². The van der Waals surface area contributed by atoms with E-state index in [1.165, 1.54) is 45.3 Å². The molecule has 0 aromatic carbocycles. The highest BCUT2D eigenvalue weighted by Crippen LogP contribution is 2.14. The Morgan fingerprint density at radius 3 is 2.62 bits per heavy atom. The first kappa shape index (κ1) is 13.9. The SMILES string of the molecule is CCOC1CCN(CCCC(C)CN)CC1. The summed E-state index contributed by atoms with van der Waals surface area (Å²) in [4.78, 5) is 2.57. The second kappa shape index (κ2) is 8.04. The fraction of sp³-hybridized carbons (Fsp3) is 1.00. The lowest BCUT2D eigenvalue weighted by Gasteiger charge is -2.31. The Hall–Kier alpha value is -0.120. The van der Waals surface area contributed by atoms with Crippen molar-refractivity contribution in [2.45, 2.75) is 45.6 Å². The van der Waals surface area contributed by atoms with Crippen LogP contribution in [0.4, 0.5) is 0 Å². The van der Waals surface area contributed by atoms with Crippen LogP contribution in [0, 0.1) is 5.92 Å². The quantitative estimate of drug-likeness (QED) is 0.723. The predicted molar refractivity (Wildman–Crippen MR) is 68.5 cm³/mol. The summed E-state index contributed by atoms with van der Waals surface area (Å²) in [5.74, 6) is 0.681. The molecule has 0 aliphatic carbocycles. The third-order valence-corrected chi connectivity index (χ3v) is 3.51. The van der Waals surface area contributed by atoms with Crippen LogP contribution in [-0.2, 0) is 4.74 Å². The topological polar surface area (TPSA) is 38.5 Å². The summed E-state index contributed by atoms with van der Waals surface area (Å²) in [6, 6.07) is 0. The first-order chi connectivity index (χ1) is 7.76. The van der Waals surface area contributed by atoms with Crippen LogP contribution >= 0.6 is 0 Å². The minimum absolute atomic E-state index is 0.518. The van der Waals surface area contributed by atoms with E-state index >= 15 is 0 Å². The lowest BCUT2D eigenvalue weighted by Crippen LogP contribution is -2.37. The van der Waals surface area contributed by atoms with Gasteiger partial charge in [-0.2, -0.15) is 0 Å². The highest BCUT2D eigenvalue weighted by atomic mass is 16.5. The molecule has 1 heterocycles. The van der Waals surface area contributed by atoms with Crippen LogP contribution in [-0.4, -0.2) is 43.8 Å². The molecule has 1 aliphatic rings. The summed E-state index contributed by atoms with van der Waals surface area (Å²) in [6.07, 6.45) is 5.49. The lowest BCUT2D eigenvalue weighted by atomic mass is 10.0. The van der Waals surface area contributed by atoms with Crippen LogP contribution in [0.25, 0.3) is 0 Å². The van der Waals surface area contributed by atoms with E-state index in [2.05, 4.69) is 18.7 Å². The maximum absolute atomic E-state index is 5.65. The largest absolute Gasteiger partial charge is 0.378 e. The number of ether oxygens (including phenoxy) is 1. The van der Waals surface area contributed by atoms with Crippen LogP contribution in [0.15, 0.2) is 0 Å². The van der Waals surface area contributed by atoms with E-state index in [0.717, 1.165) is 13.2 Å². The first-order valence-corrected chi connectivity index (χ1v) is 6.80. The maximum Gasteiger partial charge on any atom is 0.0599 e. The van der Waals surface area contributed by atoms with Crippen molar-refractivity contribution >= 4 is 0 Å². The van der Waals surface area contributed by atoms with Gasteiger partial charge >= 0.3 is 0 Å². The molecule has 3 nitrogen and oxygen atoms in total. The molecule has 1 atom stereocenters. The Bertz CT molecular complexity index is 167. The average molecular weight is 228 g/mol. The zero-order valence-electron chi connectivity index (χ0n) is 11.0. The van der Waals surface area contributed by atoms with Gasteiger partial charge in [0.25, 0.3) is 0 Å². The number of hydrogen-bond acceptors (Lipinski definition) is 3. The summed E-state index contributed by atoms with van der Waals surface area (Å²) >= 11 is 0. The fourth-order valence-electron chi connectivity index (χ4n) is 2.32. The molecule has 0 spiro atoms. The van der Waals surface area contributed by atoms with E-state index in [-0.39, 0.29) is 0 Å². The molecule has 3 heteroatoms. The Kier molecular flexibility index (Phi) is 7.01. The molecular weight excluding hydrogens is 200 g/mol. The number of rotatable bonds is 7. The third kappa shape index (κ3) is 5.28. The van der Waals surface area contributed by atoms with Gasteiger partial charge in [0, 0.05) is 19.7 Å². The standard InChI is InChI=1S/C13H28N2O/c1-3-16-13-6-9-15(10-7-13)8-4-5-12(2)11-14/h12-13H,3-11,14H2,1-2H3. The third-order valence-electron chi connectivity index (χ3n) is 3.51. The molecule has 1 saturated heterocycles. The average Bonchev–Trinajstić information content (AvgIpc) is 2.31. The van der Waals surface area contributed by atoms with E-state index in [1.807, 2.05) is 0 Å². The summed E-state index contributed by atoms with van der Waals surface area (Å²) in [5.41, 5.74) is 5.61. The molecule has 16 heavy (non-hydrogen) atoms. The highest BCUT2D eigenvalue weighted by Gasteiger charge is 2.18. The monoisotopic (exact) mass is 228 g/mol. The number of hydrogen-bond donors (Lipinski definition) is 1. The Labute approximate surface area is 100 Å². The van der Waals surface area contributed by atoms with E-state index in [9.17, 15) is 0 Å². The Balaban J connectivity index is 2.03. The molecule has 0 aromatic heterocycles. The van der Waals surface area contributed by atoms with Crippen molar-refractivity contribution in [2.24, 2.45) is 11.7 Å². The molecule has 1 rings (SSSR count). The molecule has 1 fully saturated rings. The van der Waals surface area contributed by atoms with Crippen LogP contribution in [0.2, 0.25) is 0 Å². The Morgan fingerprint density at radius 1 is 1.38 bits per heavy atom. The lowest BCUT2D eigenvalue weighted by molar-refractivity contribution is 0.0138. The van der Waals surface area contributed by atoms with Crippen molar-refractivity contribution in [3.8, 4) is 0 Å². The summed E-state index contributed by atoms with van der Waals surface area (Å²) < 4.78 is 5.65. The Morgan fingerprint density at radius 2 is 2.06 bits per heavy atom. The van der Waals surface area contributed by atoms with Gasteiger partial charge in [0.15, 0.2) is 0 Å². The van der Waals surface area contributed by atoms with Crippen LogP contribution in [0.5, 0.6) is 0 Å². The minimum Gasteiger partial charge on any atom is -0.378 e. The number of piperidine rings is 1. The van der Waals surface area contributed by atoms with Gasteiger partial charge < -0.3 is 15.4 Å². The smallest absolute Gasteiger partial charge is 0.0599 e. The number of nitrogens with zero attached hydrogens (tertiary/aromatic N) is 1. The summed E-state index contributed by atoms with van der Waals surface area (Å²) in [6.45, 7) is 9.67. The van der Waals surface area contributed by atoms with Crippen molar-refractivity contribution in [2.75, 3.05) is 32.8 Å². The molecular formula is C13H28N2O. The highest BCUT2D eigenvalue weighted by molar-refractivity contribution is 4.72. The second-order valence-electron chi connectivity index (χ2n) is 4.98. The molecule has 1 unspecified atom stereocenters. The van der Waals surface area contributed by atoms with Crippen molar-refractivity contribution in [1.82, 2.24) is 4.90 Å². The van der Waals surface area contributed by atoms with E-state index < -0.39 is 0 Å². The maximum atomic E-state index is 5.65. The molecule has 96 valence electrons. The van der Waals surface area contributed by atoms with E-state index in [4.69, 9.17) is 10.5 Å². The first-order valence-electron chi connectivity index (χ1n) is 6.80. The van der Waals surface area contributed by atoms with Gasteiger partial charge in [-0.1, -0.05) is 6.92 Å². The van der Waals surface area contributed by atoms with Gasteiger partial charge in [0.1, 0.15) is 0 Å². The van der Waals surface area contributed by atoms with Crippen LogP contribution < -0.4 is 5.73 Å². The van der Waals surface area contributed by atoms with Crippen molar-refractivity contribution < 1.29 is 4.74 Å². The zero-order valence-corrected chi connectivity index (χ0v) is 11.0. The van der Waals surface area contributed by atoms with Gasteiger partial charge in [0.2, 0.25) is 0 Å². The predicted octanol–water partition coefficient (Wildman–Crippen LogP) is 1.86. The fourth-order valence-corrected chi connectivity index (χ4v) is 2.32. The molecule has 2 N–H and O–H groups in total. The van der Waals surface area contributed by atoms with Gasteiger partial charge in [-0.15, -0.1) is 0 Å². The van der Waals surface area contributed by atoms with Crippen LogP contribution in [0.1, 0.15) is 39.5 Å². The van der Waals surface area contributed by atoms with Gasteiger partial charge in [-0.3, -0.25) is 0 Å².